The highest BCUT2D eigenvalue weighted by Gasteiger charge is 2.29. The molecule has 2 aliphatic heterocycles. The fraction of sp³-hybridized carbons (Fsp3) is 1.00. The van der Waals surface area contributed by atoms with E-state index >= 15 is 0 Å². The molecule has 0 aliphatic carbocycles. The Morgan fingerprint density at radius 1 is 1.21 bits per heavy atom. The molecule has 2 fully saturated rings. The van der Waals surface area contributed by atoms with Gasteiger partial charge in [0.1, 0.15) is 0 Å². The molecule has 0 bridgehead atoms. The number of ether oxygens (including phenoxy) is 1. The third-order valence-corrected chi connectivity index (χ3v) is 4.49. The SMILES string of the molecule is CCNC(COC)CN1CCC(N2CCCCC2)C1. The van der Waals surface area contributed by atoms with Gasteiger partial charge in [0.15, 0.2) is 0 Å². The first-order chi connectivity index (χ1) is 9.33. The maximum absolute atomic E-state index is 5.31. The zero-order valence-corrected chi connectivity index (χ0v) is 12.7. The molecule has 0 spiro atoms. The van der Waals surface area contributed by atoms with Crippen molar-refractivity contribution in [1.82, 2.24) is 15.1 Å². The molecule has 2 rings (SSSR count). The van der Waals surface area contributed by atoms with Crippen LogP contribution in [-0.2, 0) is 4.74 Å². The first-order valence-electron chi connectivity index (χ1n) is 8.02. The van der Waals surface area contributed by atoms with Gasteiger partial charge >= 0.3 is 0 Å². The first kappa shape index (κ1) is 15.2. The number of nitrogens with zero attached hydrogens (tertiary/aromatic N) is 2. The number of likely N-dealkylation sites (N-methyl/N-ethyl adjacent to an activating group) is 1. The highest BCUT2D eigenvalue weighted by atomic mass is 16.5. The fourth-order valence-corrected chi connectivity index (χ4v) is 3.54. The van der Waals surface area contributed by atoms with Gasteiger partial charge in [0.05, 0.1) is 6.61 Å². The number of nitrogens with one attached hydrogen (secondary N) is 1. The van der Waals surface area contributed by atoms with Crippen LogP contribution in [0.25, 0.3) is 0 Å². The number of hydrogen-bond donors (Lipinski definition) is 1. The monoisotopic (exact) mass is 269 g/mol. The molecule has 19 heavy (non-hydrogen) atoms. The number of rotatable bonds is 7. The molecular formula is C15H31N3O. The Bertz CT molecular complexity index is 238. The van der Waals surface area contributed by atoms with Crippen LogP contribution in [0.2, 0.25) is 0 Å². The molecule has 2 heterocycles. The average Bonchev–Trinajstić information content (AvgIpc) is 2.89. The second kappa shape index (κ2) is 8.20. The summed E-state index contributed by atoms with van der Waals surface area (Å²) >= 11 is 0. The van der Waals surface area contributed by atoms with Crippen molar-refractivity contribution < 1.29 is 4.74 Å². The number of piperidine rings is 1. The molecule has 2 unspecified atom stereocenters. The smallest absolute Gasteiger partial charge is 0.0628 e. The van der Waals surface area contributed by atoms with Crippen LogP contribution in [0.4, 0.5) is 0 Å². The molecule has 0 aromatic carbocycles. The minimum absolute atomic E-state index is 0.482. The van der Waals surface area contributed by atoms with Crippen LogP contribution in [0.15, 0.2) is 0 Å². The highest BCUT2D eigenvalue weighted by Crippen LogP contribution is 2.20. The van der Waals surface area contributed by atoms with E-state index in [1.807, 2.05) is 0 Å². The molecule has 2 atom stereocenters. The molecule has 0 amide bonds. The maximum atomic E-state index is 5.31. The lowest BCUT2D eigenvalue weighted by atomic mass is 10.1. The summed E-state index contributed by atoms with van der Waals surface area (Å²) in [5.74, 6) is 0. The first-order valence-corrected chi connectivity index (χ1v) is 8.02. The van der Waals surface area contributed by atoms with Crippen molar-refractivity contribution in [2.24, 2.45) is 0 Å². The van der Waals surface area contributed by atoms with Crippen LogP contribution in [0.3, 0.4) is 0 Å². The largest absolute Gasteiger partial charge is 0.383 e. The van der Waals surface area contributed by atoms with E-state index in [1.54, 1.807) is 7.11 Å². The third kappa shape index (κ3) is 4.71. The number of methoxy groups -OCH3 is 1. The van der Waals surface area contributed by atoms with Gasteiger partial charge in [-0.25, -0.2) is 0 Å². The van der Waals surface area contributed by atoms with Gasteiger partial charge in [0.25, 0.3) is 0 Å². The van der Waals surface area contributed by atoms with Crippen molar-refractivity contribution in [3.63, 3.8) is 0 Å². The van der Waals surface area contributed by atoms with Gasteiger partial charge in [-0.05, 0) is 45.4 Å². The van der Waals surface area contributed by atoms with Gasteiger partial charge in [0.2, 0.25) is 0 Å². The van der Waals surface area contributed by atoms with Crippen LogP contribution in [0, 0.1) is 0 Å². The molecule has 4 nitrogen and oxygen atoms in total. The van der Waals surface area contributed by atoms with E-state index in [2.05, 4.69) is 22.0 Å². The predicted molar refractivity (Wildman–Crippen MR) is 79.6 cm³/mol. The Labute approximate surface area is 118 Å². The van der Waals surface area contributed by atoms with E-state index in [0.29, 0.717) is 6.04 Å². The number of hydrogen-bond acceptors (Lipinski definition) is 4. The summed E-state index contributed by atoms with van der Waals surface area (Å²) in [4.78, 5) is 5.34. The minimum atomic E-state index is 0.482. The Hall–Kier alpha value is -0.160. The van der Waals surface area contributed by atoms with Gasteiger partial charge < -0.3 is 15.0 Å². The van der Waals surface area contributed by atoms with Crippen molar-refractivity contribution in [2.75, 3.05) is 53.0 Å². The van der Waals surface area contributed by atoms with Crippen molar-refractivity contribution >= 4 is 0 Å². The van der Waals surface area contributed by atoms with Gasteiger partial charge in [-0.15, -0.1) is 0 Å². The second-order valence-electron chi connectivity index (χ2n) is 6.01. The molecule has 4 heteroatoms. The Morgan fingerprint density at radius 3 is 2.68 bits per heavy atom. The lowest BCUT2D eigenvalue weighted by molar-refractivity contribution is 0.135. The summed E-state index contributed by atoms with van der Waals surface area (Å²) in [5, 5.41) is 3.52. The summed E-state index contributed by atoms with van der Waals surface area (Å²) < 4.78 is 5.31. The van der Waals surface area contributed by atoms with E-state index in [4.69, 9.17) is 4.74 Å². The van der Waals surface area contributed by atoms with Crippen LogP contribution >= 0.6 is 0 Å². The van der Waals surface area contributed by atoms with Gasteiger partial charge in [-0.1, -0.05) is 13.3 Å². The van der Waals surface area contributed by atoms with Gasteiger partial charge in [-0.3, -0.25) is 4.90 Å². The Morgan fingerprint density at radius 2 is 2.00 bits per heavy atom. The van der Waals surface area contributed by atoms with Crippen LogP contribution in [-0.4, -0.2) is 74.9 Å². The van der Waals surface area contributed by atoms with Crippen molar-refractivity contribution in [3.05, 3.63) is 0 Å². The third-order valence-electron chi connectivity index (χ3n) is 4.49. The van der Waals surface area contributed by atoms with E-state index in [0.717, 1.165) is 25.7 Å². The molecule has 0 saturated carbocycles. The van der Waals surface area contributed by atoms with Crippen LogP contribution in [0.5, 0.6) is 0 Å². The van der Waals surface area contributed by atoms with Crippen molar-refractivity contribution in [1.29, 1.82) is 0 Å². The fourth-order valence-electron chi connectivity index (χ4n) is 3.54. The molecule has 0 aromatic rings. The molecule has 2 aliphatic rings. The lowest BCUT2D eigenvalue weighted by Crippen LogP contribution is -2.45. The average molecular weight is 269 g/mol. The second-order valence-corrected chi connectivity index (χ2v) is 6.01. The standard InChI is InChI=1S/C15H31N3O/c1-3-16-14(13-19-2)11-17-10-7-15(12-17)18-8-5-4-6-9-18/h14-16H,3-13H2,1-2H3. The van der Waals surface area contributed by atoms with Crippen molar-refractivity contribution in [2.45, 2.75) is 44.7 Å². The molecule has 1 N–H and O–H groups in total. The zero-order chi connectivity index (χ0) is 13.5. The normalized spacial score (nSPS) is 27.8. The zero-order valence-electron chi connectivity index (χ0n) is 12.7. The lowest BCUT2D eigenvalue weighted by Gasteiger charge is -2.32. The minimum Gasteiger partial charge on any atom is -0.383 e. The molecule has 2 saturated heterocycles. The summed E-state index contributed by atoms with van der Waals surface area (Å²) in [6, 6.07) is 1.29. The predicted octanol–water partition coefficient (Wildman–Crippen LogP) is 1.17. The molecule has 0 aromatic heterocycles. The molecule has 112 valence electrons. The van der Waals surface area contributed by atoms with E-state index in [9.17, 15) is 0 Å². The topological polar surface area (TPSA) is 27.7 Å². The van der Waals surface area contributed by atoms with Gasteiger partial charge in [-0.2, -0.15) is 0 Å². The molecule has 0 radical (unpaired) electrons. The van der Waals surface area contributed by atoms with Crippen molar-refractivity contribution in [3.8, 4) is 0 Å². The Kier molecular flexibility index (Phi) is 6.57. The number of likely N-dealkylation sites (tertiary alicyclic amines) is 2. The molecular weight excluding hydrogens is 238 g/mol. The summed E-state index contributed by atoms with van der Waals surface area (Å²) in [5.41, 5.74) is 0. The summed E-state index contributed by atoms with van der Waals surface area (Å²) in [7, 11) is 1.80. The maximum Gasteiger partial charge on any atom is 0.0628 e. The quantitative estimate of drug-likeness (QED) is 0.751. The van der Waals surface area contributed by atoms with E-state index < -0.39 is 0 Å². The van der Waals surface area contributed by atoms with E-state index in [1.165, 1.54) is 51.9 Å². The Balaban J connectivity index is 1.73. The highest BCUT2D eigenvalue weighted by molar-refractivity contribution is 4.86. The van der Waals surface area contributed by atoms with Gasteiger partial charge in [0, 0.05) is 32.3 Å². The van der Waals surface area contributed by atoms with Crippen LogP contribution in [0.1, 0.15) is 32.6 Å². The van der Waals surface area contributed by atoms with Crippen LogP contribution < -0.4 is 5.32 Å². The van der Waals surface area contributed by atoms with E-state index in [-0.39, 0.29) is 0 Å². The summed E-state index contributed by atoms with van der Waals surface area (Å²) in [6.45, 7) is 10.3. The summed E-state index contributed by atoms with van der Waals surface area (Å²) in [6.07, 6.45) is 5.59.